The van der Waals surface area contributed by atoms with E-state index in [0.29, 0.717) is 11.3 Å². The van der Waals surface area contributed by atoms with E-state index < -0.39 is 0 Å². The van der Waals surface area contributed by atoms with E-state index in [1.54, 1.807) is 12.1 Å². The number of nitrogen functional groups attached to an aromatic ring is 1. The maximum Gasteiger partial charge on any atom is 0.161 e. The van der Waals surface area contributed by atoms with Crippen molar-refractivity contribution in [2.45, 2.75) is 19.9 Å². The van der Waals surface area contributed by atoms with Crippen molar-refractivity contribution in [2.75, 3.05) is 11.1 Å². The minimum Gasteiger partial charge on any atom is -0.398 e. The first kappa shape index (κ1) is 12.1. The number of anilines is 2. The molecule has 1 unspecified atom stereocenters. The number of rotatable bonds is 4. The number of aromatic nitrogens is 3. The van der Waals surface area contributed by atoms with E-state index >= 15 is 0 Å². The number of nitrogens with one attached hydrogen (secondary N) is 2. The monoisotopic (exact) mass is 245 g/mol. The van der Waals surface area contributed by atoms with Crippen molar-refractivity contribution in [3.8, 4) is 0 Å². The molecule has 6 heteroatoms. The first-order valence-electron chi connectivity index (χ1n) is 5.60. The van der Waals surface area contributed by atoms with Crippen LogP contribution in [0.2, 0.25) is 0 Å². The van der Waals surface area contributed by atoms with Gasteiger partial charge in [0.25, 0.3) is 0 Å². The lowest BCUT2D eigenvalue weighted by molar-refractivity contribution is 0.101. The van der Waals surface area contributed by atoms with Crippen LogP contribution in [0, 0.1) is 0 Å². The molecular weight excluding hydrogens is 230 g/mol. The molecule has 2 rings (SSSR count). The van der Waals surface area contributed by atoms with Crippen LogP contribution in [-0.2, 0) is 0 Å². The fourth-order valence-corrected chi connectivity index (χ4v) is 1.69. The Morgan fingerprint density at radius 2 is 2.28 bits per heavy atom. The first-order valence-corrected chi connectivity index (χ1v) is 5.60. The van der Waals surface area contributed by atoms with Gasteiger partial charge in [-0.1, -0.05) is 0 Å². The molecule has 0 amide bonds. The van der Waals surface area contributed by atoms with Gasteiger partial charge < -0.3 is 11.1 Å². The Morgan fingerprint density at radius 1 is 1.50 bits per heavy atom. The highest BCUT2D eigenvalue weighted by atomic mass is 16.1. The first-order chi connectivity index (χ1) is 8.58. The fraction of sp³-hybridized carbons (Fsp3) is 0.250. The minimum atomic E-state index is -0.0523. The van der Waals surface area contributed by atoms with Crippen LogP contribution in [0.4, 0.5) is 11.4 Å². The van der Waals surface area contributed by atoms with E-state index in [0.717, 1.165) is 11.5 Å². The highest BCUT2D eigenvalue weighted by Gasteiger charge is 2.10. The van der Waals surface area contributed by atoms with Crippen LogP contribution in [0.1, 0.15) is 36.1 Å². The molecule has 0 bridgehead atoms. The molecule has 0 aliphatic rings. The third-order valence-electron chi connectivity index (χ3n) is 2.66. The largest absolute Gasteiger partial charge is 0.398 e. The Kier molecular flexibility index (Phi) is 3.27. The number of nitrogens with zero attached hydrogens (tertiary/aromatic N) is 2. The normalized spacial score (nSPS) is 12.1. The molecule has 1 aromatic heterocycles. The lowest BCUT2D eigenvalue weighted by atomic mass is 10.1. The molecule has 4 N–H and O–H groups in total. The maximum absolute atomic E-state index is 11.4. The van der Waals surface area contributed by atoms with E-state index in [-0.39, 0.29) is 11.8 Å². The molecule has 0 saturated heterocycles. The van der Waals surface area contributed by atoms with Crippen molar-refractivity contribution in [1.29, 1.82) is 0 Å². The average molecular weight is 245 g/mol. The summed E-state index contributed by atoms with van der Waals surface area (Å²) in [4.78, 5) is 15.5. The van der Waals surface area contributed by atoms with Gasteiger partial charge in [0.2, 0.25) is 0 Å². The summed E-state index contributed by atoms with van der Waals surface area (Å²) in [5, 5.41) is 9.81. The molecule has 1 aromatic carbocycles. The predicted molar refractivity (Wildman–Crippen MR) is 69.3 cm³/mol. The van der Waals surface area contributed by atoms with E-state index in [2.05, 4.69) is 20.5 Å². The smallest absolute Gasteiger partial charge is 0.161 e. The maximum atomic E-state index is 11.4. The highest BCUT2D eigenvalue weighted by Crippen LogP contribution is 2.21. The zero-order chi connectivity index (χ0) is 13.1. The Morgan fingerprint density at radius 3 is 2.89 bits per heavy atom. The fourth-order valence-electron chi connectivity index (χ4n) is 1.69. The molecule has 18 heavy (non-hydrogen) atoms. The van der Waals surface area contributed by atoms with Gasteiger partial charge in [-0.3, -0.25) is 9.89 Å². The van der Waals surface area contributed by atoms with Crippen LogP contribution in [0.5, 0.6) is 0 Å². The molecule has 0 aliphatic heterocycles. The highest BCUT2D eigenvalue weighted by molar-refractivity contribution is 6.00. The summed E-state index contributed by atoms with van der Waals surface area (Å²) in [6.45, 7) is 3.44. The average Bonchev–Trinajstić information content (AvgIpc) is 2.85. The zero-order valence-corrected chi connectivity index (χ0v) is 10.3. The number of ketones is 1. The van der Waals surface area contributed by atoms with Gasteiger partial charge in [0.05, 0.1) is 6.04 Å². The van der Waals surface area contributed by atoms with Crippen LogP contribution in [0.25, 0.3) is 0 Å². The Labute approximate surface area is 105 Å². The second kappa shape index (κ2) is 4.87. The SMILES string of the molecule is CC(=O)c1cc(NC(C)c2ncn[nH]2)ccc1N. The van der Waals surface area contributed by atoms with E-state index in [4.69, 9.17) is 5.73 Å². The third kappa shape index (κ3) is 2.48. The summed E-state index contributed by atoms with van der Waals surface area (Å²) in [5.74, 6) is 0.680. The molecule has 2 aromatic rings. The second-order valence-electron chi connectivity index (χ2n) is 4.09. The summed E-state index contributed by atoms with van der Waals surface area (Å²) >= 11 is 0. The summed E-state index contributed by atoms with van der Waals surface area (Å²) in [6, 6.07) is 5.25. The Bertz CT molecular complexity index is 550. The van der Waals surface area contributed by atoms with Crippen LogP contribution in [-0.4, -0.2) is 21.0 Å². The van der Waals surface area contributed by atoms with Crippen LogP contribution in [0.15, 0.2) is 24.5 Å². The molecule has 0 spiro atoms. The molecule has 1 atom stereocenters. The molecule has 1 heterocycles. The van der Waals surface area contributed by atoms with Gasteiger partial charge in [-0.2, -0.15) is 5.10 Å². The Hall–Kier alpha value is -2.37. The number of hydrogen-bond donors (Lipinski definition) is 3. The number of Topliss-reactive ketones (excluding diaryl/α,β-unsaturated/α-hetero) is 1. The number of aromatic amines is 1. The predicted octanol–water partition coefficient (Wildman–Crippen LogP) is 1.76. The van der Waals surface area contributed by atoms with Crippen molar-refractivity contribution in [2.24, 2.45) is 0 Å². The third-order valence-corrected chi connectivity index (χ3v) is 2.66. The molecule has 0 radical (unpaired) electrons. The number of nitrogens with two attached hydrogens (primary N) is 1. The number of hydrogen-bond acceptors (Lipinski definition) is 5. The summed E-state index contributed by atoms with van der Waals surface area (Å²) in [6.07, 6.45) is 1.46. The standard InChI is InChI=1S/C12H15N5O/c1-7(12-14-6-15-17-12)16-9-3-4-11(13)10(5-9)8(2)18/h3-7,16H,13H2,1-2H3,(H,14,15,17). The summed E-state index contributed by atoms with van der Waals surface area (Å²) in [7, 11) is 0. The van der Waals surface area contributed by atoms with Gasteiger partial charge in [0.15, 0.2) is 5.78 Å². The van der Waals surface area contributed by atoms with Crippen LogP contribution < -0.4 is 11.1 Å². The molecule has 0 fully saturated rings. The number of H-pyrrole nitrogens is 1. The van der Waals surface area contributed by atoms with E-state index in [1.807, 2.05) is 13.0 Å². The van der Waals surface area contributed by atoms with E-state index in [1.165, 1.54) is 13.3 Å². The molecule has 94 valence electrons. The number of carbonyl (C=O) groups excluding carboxylic acids is 1. The van der Waals surface area contributed by atoms with Crippen molar-refractivity contribution >= 4 is 17.2 Å². The Balaban J connectivity index is 2.20. The van der Waals surface area contributed by atoms with Crippen LogP contribution >= 0.6 is 0 Å². The lowest BCUT2D eigenvalue weighted by Gasteiger charge is -2.13. The summed E-state index contributed by atoms with van der Waals surface area (Å²) in [5.41, 5.74) is 7.56. The number of benzene rings is 1. The van der Waals surface area contributed by atoms with Crippen LogP contribution in [0.3, 0.4) is 0 Å². The van der Waals surface area contributed by atoms with Gasteiger partial charge in [-0.05, 0) is 32.0 Å². The second-order valence-corrected chi connectivity index (χ2v) is 4.09. The van der Waals surface area contributed by atoms with Gasteiger partial charge in [-0.25, -0.2) is 4.98 Å². The quantitative estimate of drug-likeness (QED) is 0.563. The van der Waals surface area contributed by atoms with Gasteiger partial charge in [0, 0.05) is 16.9 Å². The minimum absolute atomic E-state index is 0.0315. The number of carbonyl (C=O) groups is 1. The van der Waals surface area contributed by atoms with Gasteiger partial charge >= 0.3 is 0 Å². The topological polar surface area (TPSA) is 96.7 Å². The van der Waals surface area contributed by atoms with Crippen molar-refractivity contribution < 1.29 is 4.79 Å². The molecule has 6 nitrogen and oxygen atoms in total. The van der Waals surface area contributed by atoms with Gasteiger partial charge in [-0.15, -0.1) is 0 Å². The van der Waals surface area contributed by atoms with Crippen molar-refractivity contribution in [1.82, 2.24) is 15.2 Å². The molecule has 0 saturated carbocycles. The van der Waals surface area contributed by atoms with Gasteiger partial charge in [0.1, 0.15) is 12.2 Å². The van der Waals surface area contributed by atoms with E-state index in [9.17, 15) is 4.79 Å². The molecule has 0 aliphatic carbocycles. The van der Waals surface area contributed by atoms with Crippen molar-refractivity contribution in [3.63, 3.8) is 0 Å². The molecular formula is C12H15N5O. The van der Waals surface area contributed by atoms with Crippen molar-refractivity contribution in [3.05, 3.63) is 35.9 Å². The summed E-state index contributed by atoms with van der Waals surface area (Å²) < 4.78 is 0. The lowest BCUT2D eigenvalue weighted by Crippen LogP contribution is -2.09. The zero-order valence-electron chi connectivity index (χ0n) is 10.3.